The molecule has 3 N–H and O–H groups in total. The Morgan fingerprint density at radius 2 is 2.06 bits per heavy atom. The summed E-state index contributed by atoms with van der Waals surface area (Å²) in [7, 11) is 0. The summed E-state index contributed by atoms with van der Waals surface area (Å²) in [5.41, 5.74) is 6.49. The second kappa shape index (κ2) is 6.96. The lowest BCUT2D eigenvalue weighted by atomic mass is 10.1. The standard InChI is InChI=1S/C13H18N2O2S/c1-3-15-13(16)9(2)17-11-6-4-10(5-7-11)8-12(14)18/h4-7,9H,3,8H2,1-2H3,(H2,14,18)(H,15,16). The smallest absolute Gasteiger partial charge is 0.260 e. The fourth-order valence-corrected chi connectivity index (χ4v) is 1.63. The van der Waals surface area contributed by atoms with Crippen molar-refractivity contribution in [2.75, 3.05) is 6.54 Å². The van der Waals surface area contributed by atoms with Gasteiger partial charge < -0.3 is 15.8 Å². The molecule has 0 saturated heterocycles. The second-order valence-corrected chi connectivity index (χ2v) is 4.47. The zero-order valence-electron chi connectivity index (χ0n) is 10.6. The summed E-state index contributed by atoms with van der Waals surface area (Å²) in [6.07, 6.45) is 0.0629. The van der Waals surface area contributed by atoms with Crippen LogP contribution in [0.2, 0.25) is 0 Å². The van der Waals surface area contributed by atoms with E-state index in [1.54, 1.807) is 6.92 Å². The molecule has 0 aliphatic carbocycles. The number of rotatable bonds is 6. The number of carbonyl (C=O) groups is 1. The van der Waals surface area contributed by atoms with Crippen LogP contribution >= 0.6 is 12.2 Å². The molecule has 0 fully saturated rings. The number of amides is 1. The van der Waals surface area contributed by atoms with Crippen molar-refractivity contribution in [3.8, 4) is 5.75 Å². The van der Waals surface area contributed by atoms with E-state index in [0.29, 0.717) is 23.7 Å². The fourth-order valence-electron chi connectivity index (χ4n) is 1.46. The molecule has 5 heteroatoms. The molecule has 4 nitrogen and oxygen atoms in total. The Morgan fingerprint density at radius 1 is 1.44 bits per heavy atom. The lowest BCUT2D eigenvalue weighted by Crippen LogP contribution is -2.36. The van der Waals surface area contributed by atoms with Gasteiger partial charge in [-0.05, 0) is 31.5 Å². The maximum absolute atomic E-state index is 11.5. The topological polar surface area (TPSA) is 64.3 Å². The number of thiocarbonyl (C=S) groups is 1. The summed E-state index contributed by atoms with van der Waals surface area (Å²) in [5, 5.41) is 2.71. The molecule has 1 unspecified atom stereocenters. The van der Waals surface area contributed by atoms with Crippen molar-refractivity contribution >= 4 is 23.1 Å². The lowest BCUT2D eigenvalue weighted by molar-refractivity contribution is -0.127. The van der Waals surface area contributed by atoms with Gasteiger partial charge in [-0.1, -0.05) is 24.4 Å². The highest BCUT2D eigenvalue weighted by Gasteiger charge is 2.13. The van der Waals surface area contributed by atoms with E-state index in [-0.39, 0.29) is 5.91 Å². The van der Waals surface area contributed by atoms with E-state index in [1.807, 2.05) is 31.2 Å². The number of ether oxygens (including phenoxy) is 1. The Morgan fingerprint density at radius 3 is 2.56 bits per heavy atom. The molecule has 0 aliphatic rings. The van der Waals surface area contributed by atoms with Crippen LogP contribution in [0, 0.1) is 0 Å². The fraction of sp³-hybridized carbons (Fsp3) is 0.385. The van der Waals surface area contributed by atoms with E-state index in [2.05, 4.69) is 5.32 Å². The highest BCUT2D eigenvalue weighted by molar-refractivity contribution is 7.80. The van der Waals surface area contributed by atoms with Gasteiger partial charge in [0.25, 0.3) is 5.91 Å². The van der Waals surface area contributed by atoms with Crippen LogP contribution in [0.3, 0.4) is 0 Å². The van der Waals surface area contributed by atoms with E-state index in [0.717, 1.165) is 5.56 Å². The van der Waals surface area contributed by atoms with Crippen LogP contribution in [-0.4, -0.2) is 23.5 Å². The first kappa shape index (κ1) is 14.4. The van der Waals surface area contributed by atoms with E-state index >= 15 is 0 Å². The van der Waals surface area contributed by atoms with Crippen molar-refractivity contribution in [1.29, 1.82) is 0 Å². The zero-order valence-corrected chi connectivity index (χ0v) is 11.4. The third-order valence-corrected chi connectivity index (χ3v) is 2.48. The molecular weight excluding hydrogens is 248 g/mol. The second-order valence-electron chi connectivity index (χ2n) is 3.94. The average molecular weight is 266 g/mol. The van der Waals surface area contributed by atoms with E-state index in [1.165, 1.54) is 0 Å². The van der Waals surface area contributed by atoms with E-state index in [4.69, 9.17) is 22.7 Å². The normalized spacial score (nSPS) is 11.7. The SMILES string of the molecule is CCNC(=O)C(C)Oc1ccc(CC(N)=S)cc1. The predicted octanol–water partition coefficient (Wildman–Crippen LogP) is 1.42. The molecule has 1 rings (SSSR count). The summed E-state index contributed by atoms with van der Waals surface area (Å²) >= 11 is 4.84. The van der Waals surface area contributed by atoms with Gasteiger partial charge in [-0.15, -0.1) is 0 Å². The molecule has 0 spiro atoms. The minimum absolute atomic E-state index is 0.121. The van der Waals surface area contributed by atoms with Crippen LogP contribution in [0.5, 0.6) is 5.75 Å². The molecule has 0 radical (unpaired) electrons. The van der Waals surface area contributed by atoms with Gasteiger partial charge in [0.1, 0.15) is 5.75 Å². The summed E-state index contributed by atoms with van der Waals surface area (Å²) < 4.78 is 5.51. The van der Waals surface area contributed by atoms with Crippen LogP contribution in [0.1, 0.15) is 19.4 Å². The van der Waals surface area contributed by atoms with E-state index in [9.17, 15) is 4.79 Å². The summed E-state index contributed by atoms with van der Waals surface area (Å²) in [4.78, 5) is 11.9. The summed E-state index contributed by atoms with van der Waals surface area (Å²) in [6, 6.07) is 7.39. The van der Waals surface area contributed by atoms with Crippen LogP contribution in [0.4, 0.5) is 0 Å². The molecular formula is C13H18N2O2S. The number of carbonyl (C=O) groups excluding carboxylic acids is 1. The minimum Gasteiger partial charge on any atom is -0.481 e. The molecule has 1 amide bonds. The molecule has 0 bridgehead atoms. The molecule has 18 heavy (non-hydrogen) atoms. The van der Waals surface area contributed by atoms with Gasteiger partial charge in [0.15, 0.2) is 6.10 Å². The van der Waals surface area contributed by atoms with Crippen molar-refractivity contribution in [2.24, 2.45) is 5.73 Å². The molecule has 0 heterocycles. The molecule has 0 aromatic heterocycles. The van der Waals surface area contributed by atoms with Gasteiger partial charge in [-0.2, -0.15) is 0 Å². The van der Waals surface area contributed by atoms with Crippen LogP contribution in [0.25, 0.3) is 0 Å². The third kappa shape index (κ3) is 4.71. The number of nitrogens with one attached hydrogen (secondary N) is 1. The first-order valence-electron chi connectivity index (χ1n) is 5.84. The van der Waals surface area contributed by atoms with Gasteiger partial charge in [-0.3, -0.25) is 4.79 Å². The molecule has 1 aromatic carbocycles. The molecule has 0 aliphatic heterocycles. The molecule has 98 valence electrons. The third-order valence-electron chi connectivity index (χ3n) is 2.33. The van der Waals surface area contributed by atoms with Gasteiger partial charge in [0.2, 0.25) is 0 Å². The maximum Gasteiger partial charge on any atom is 0.260 e. The largest absolute Gasteiger partial charge is 0.481 e. The number of likely N-dealkylation sites (N-methyl/N-ethyl adjacent to an activating group) is 1. The zero-order chi connectivity index (χ0) is 13.5. The van der Waals surface area contributed by atoms with Crippen molar-refractivity contribution in [1.82, 2.24) is 5.32 Å². The Balaban J connectivity index is 2.58. The van der Waals surface area contributed by atoms with Crippen molar-refractivity contribution in [3.05, 3.63) is 29.8 Å². The van der Waals surface area contributed by atoms with Crippen LogP contribution in [-0.2, 0) is 11.2 Å². The lowest BCUT2D eigenvalue weighted by Gasteiger charge is -2.14. The summed E-state index contributed by atoms with van der Waals surface area (Å²) in [6.45, 7) is 4.18. The van der Waals surface area contributed by atoms with Crippen molar-refractivity contribution < 1.29 is 9.53 Å². The van der Waals surface area contributed by atoms with E-state index < -0.39 is 6.10 Å². The van der Waals surface area contributed by atoms with Gasteiger partial charge in [0.05, 0.1) is 4.99 Å². The van der Waals surface area contributed by atoms with Crippen LogP contribution < -0.4 is 15.8 Å². The summed E-state index contributed by atoms with van der Waals surface area (Å²) in [5.74, 6) is 0.533. The average Bonchev–Trinajstić information content (AvgIpc) is 2.31. The predicted molar refractivity (Wildman–Crippen MR) is 75.7 cm³/mol. The van der Waals surface area contributed by atoms with Gasteiger partial charge >= 0.3 is 0 Å². The maximum atomic E-state index is 11.5. The first-order valence-corrected chi connectivity index (χ1v) is 6.25. The van der Waals surface area contributed by atoms with Crippen LogP contribution in [0.15, 0.2) is 24.3 Å². The monoisotopic (exact) mass is 266 g/mol. The number of benzene rings is 1. The molecule has 1 aromatic rings. The number of nitrogens with two attached hydrogens (primary N) is 1. The number of hydrogen-bond donors (Lipinski definition) is 2. The highest BCUT2D eigenvalue weighted by Crippen LogP contribution is 2.14. The Labute approximate surface area is 113 Å². The van der Waals surface area contributed by atoms with Crippen molar-refractivity contribution in [3.63, 3.8) is 0 Å². The first-order chi connectivity index (χ1) is 8.52. The van der Waals surface area contributed by atoms with Gasteiger partial charge in [0, 0.05) is 13.0 Å². The highest BCUT2D eigenvalue weighted by atomic mass is 32.1. The molecule has 0 saturated carbocycles. The Bertz CT molecular complexity index is 418. The van der Waals surface area contributed by atoms with Crippen molar-refractivity contribution in [2.45, 2.75) is 26.4 Å². The Hall–Kier alpha value is -1.62. The Kier molecular flexibility index (Phi) is 5.58. The van der Waals surface area contributed by atoms with Gasteiger partial charge in [-0.25, -0.2) is 0 Å². The quantitative estimate of drug-likeness (QED) is 0.764. The minimum atomic E-state index is -0.508. The number of hydrogen-bond acceptors (Lipinski definition) is 3. The molecule has 1 atom stereocenters.